The van der Waals surface area contributed by atoms with Crippen LogP contribution in [0.2, 0.25) is 0 Å². The molecule has 0 bridgehead atoms. The van der Waals surface area contributed by atoms with Gasteiger partial charge >= 0.3 is 0 Å². The number of hydrogen-bond donors (Lipinski definition) is 1. The highest BCUT2D eigenvalue weighted by molar-refractivity contribution is 5.24. The molecule has 0 spiro atoms. The molecule has 1 aromatic carbocycles. The summed E-state index contributed by atoms with van der Waals surface area (Å²) in [6.45, 7) is 9.21. The van der Waals surface area contributed by atoms with Gasteiger partial charge in [0.1, 0.15) is 5.76 Å². The fourth-order valence-corrected chi connectivity index (χ4v) is 1.95. The summed E-state index contributed by atoms with van der Waals surface area (Å²) in [6.07, 6.45) is 1.75. The van der Waals surface area contributed by atoms with Crippen molar-refractivity contribution in [2.45, 2.75) is 46.2 Å². The monoisotopic (exact) mass is 258 g/mol. The lowest BCUT2D eigenvalue weighted by molar-refractivity contribution is 0.402. The van der Waals surface area contributed by atoms with Crippen molar-refractivity contribution in [2.24, 2.45) is 0 Å². The molecule has 1 heterocycles. The molecule has 0 aliphatic heterocycles. The first-order chi connectivity index (χ1) is 9.06. The number of benzene rings is 1. The molecule has 102 valence electrons. The Labute approximate surface area is 115 Å². The molecule has 0 amide bonds. The molecule has 2 rings (SSSR count). The molecular weight excluding hydrogens is 236 g/mol. The van der Waals surface area contributed by atoms with Crippen molar-refractivity contribution < 1.29 is 4.42 Å². The Bertz CT molecular complexity index is 514. The summed E-state index contributed by atoms with van der Waals surface area (Å²) in [5, 5.41) is 3.42. The first kappa shape index (κ1) is 13.8. The minimum atomic E-state index is 0.124. The highest BCUT2D eigenvalue weighted by atomic mass is 16.4. The number of hydrogen-bond acceptors (Lipinski definition) is 3. The first-order valence-corrected chi connectivity index (χ1v) is 6.81. The predicted molar refractivity (Wildman–Crippen MR) is 77.0 cm³/mol. The molecule has 1 aromatic heterocycles. The van der Waals surface area contributed by atoms with Crippen molar-refractivity contribution in [3.05, 3.63) is 53.2 Å². The summed E-state index contributed by atoms with van der Waals surface area (Å²) in [5.74, 6) is 2.18. The van der Waals surface area contributed by atoms with E-state index in [4.69, 9.17) is 4.42 Å². The second-order valence-electron chi connectivity index (χ2n) is 5.31. The Morgan fingerprint density at radius 3 is 2.37 bits per heavy atom. The van der Waals surface area contributed by atoms with E-state index in [1.54, 1.807) is 6.20 Å². The molecule has 2 aromatic rings. The second kappa shape index (κ2) is 6.02. The van der Waals surface area contributed by atoms with Crippen molar-refractivity contribution in [3.63, 3.8) is 0 Å². The van der Waals surface area contributed by atoms with E-state index in [0.717, 1.165) is 18.2 Å². The van der Waals surface area contributed by atoms with Gasteiger partial charge in [-0.3, -0.25) is 0 Å². The largest absolute Gasteiger partial charge is 0.444 e. The van der Waals surface area contributed by atoms with Gasteiger partial charge in [-0.05, 0) is 30.9 Å². The zero-order valence-corrected chi connectivity index (χ0v) is 12.1. The molecular formula is C16H22N2O. The van der Waals surface area contributed by atoms with Crippen LogP contribution in [-0.2, 0) is 6.54 Å². The van der Waals surface area contributed by atoms with Crippen LogP contribution in [0.15, 0.2) is 34.9 Å². The van der Waals surface area contributed by atoms with Gasteiger partial charge in [-0.1, -0.05) is 38.1 Å². The van der Waals surface area contributed by atoms with E-state index in [1.807, 2.05) is 6.92 Å². The third kappa shape index (κ3) is 3.67. The van der Waals surface area contributed by atoms with E-state index < -0.39 is 0 Å². The maximum Gasteiger partial charge on any atom is 0.211 e. The first-order valence-electron chi connectivity index (χ1n) is 6.81. The predicted octanol–water partition coefficient (Wildman–Crippen LogP) is 3.96. The molecule has 3 nitrogen and oxygen atoms in total. The molecule has 0 saturated carbocycles. The van der Waals surface area contributed by atoms with Crippen LogP contribution in [0.3, 0.4) is 0 Å². The van der Waals surface area contributed by atoms with Crippen molar-refractivity contribution in [1.82, 2.24) is 10.3 Å². The lowest BCUT2D eigenvalue weighted by Gasteiger charge is -2.11. The fraction of sp³-hybridized carbons (Fsp3) is 0.438. The summed E-state index contributed by atoms with van der Waals surface area (Å²) in [7, 11) is 0. The summed E-state index contributed by atoms with van der Waals surface area (Å²) in [6, 6.07) is 8.87. The van der Waals surface area contributed by atoms with Crippen molar-refractivity contribution >= 4 is 0 Å². The van der Waals surface area contributed by atoms with E-state index in [9.17, 15) is 0 Å². The third-order valence-corrected chi connectivity index (χ3v) is 3.27. The number of oxazole rings is 1. The minimum Gasteiger partial charge on any atom is -0.444 e. The fourth-order valence-electron chi connectivity index (χ4n) is 1.95. The van der Waals surface area contributed by atoms with E-state index in [0.29, 0.717) is 5.92 Å². The van der Waals surface area contributed by atoms with E-state index in [-0.39, 0.29) is 6.04 Å². The number of aromatic nitrogens is 1. The smallest absolute Gasteiger partial charge is 0.211 e. The Morgan fingerprint density at radius 1 is 1.16 bits per heavy atom. The van der Waals surface area contributed by atoms with Crippen molar-refractivity contribution in [3.8, 4) is 0 Å². The molecule has 0 fully saturated rings. The Hall–Kier alpha value is -1.61. The van der Waals surface area contributed by atoms with Crippen LogP contribution in [0.25, 0.3) is 0 Å². The molecule has 0 radical (unpaired) electrons. The summed E-state index contributed by atoms with van der Waals surface area (Å²) >= 11 is 0. The summed E-state index contributed by atoms with van der Waals surface area (Å²) < 4.78 is 5.51. The average molecular weight is 258 g/mol. The molecule has 0 saturated heterocycles. The van der Waals surface area contributed by atoms with Gasteiger partial charge in [0.05, 0.1) is 12.2 Å². The van der Waals surface area contributed by atoms with E-state index in [2.05, 4.69) is 55.3 Å². The van der Waals surface area contributed by atoms with Gasteiger partial charge in [-0.25, -0.2) is 4.98 Å². The van der Waals surface area contributed by atoms with E-state index >= 15 is 0 Å². The van der Waals surface area contributed by atoms with Gasteiger partial charge in [-0.2, -0.15) is 0 Å². The maximum atomic E-state index is 5.51. The van der Waals surface area contributed by atoms with Gasteiger partial charge < -0.3 is 9.73 Å². The standard InChI is InChI=1S/C16H22N2O/c1-11(2)15-7-5-14(6-8-15)10-17-13(4)16-18-9-12(3)19-16/h5-9,11,13,17H,10H2,1-4H3. The summed E-state index contributed by atoms with van der Waals surface area (Å²) in [4.78, 5) is 4.24. The Balaban J connectivity index is 1.91. The van der Waals surface area contributed by atoms with Crippen LogP contribution >= 0.6 is 0 Å². The van der Waals surface area contributed by atoms with E-state index in [1.165, 1.54) is 11.1 Å². The summed E-state index contributed by atoms with van der Waals surface area (Å²) in [5.41, 5.74) is 2.65. The average Bonchev–Trinajstić information content (AvgIpc) is 2.83. The molecule has 0 aliphatic carbocycles. The topological polar surface area (TPSA) is 38.1 Å². The number of rotatable bonds is 5. The van der Waals surface area contributed by atoms with Gasteiger partial charge in [0.15, 0.2) is 0 Å². The molecule has 1 unspecified atom stereocenters. The zero-order chi connectivity index (χ0) is 13.8. The molecule has 19 heavy (non-hydrogen) atoms. The van der Waals surface area contributed by atoms with Crippen LogP contribution in [0.1, 0.15) is 55.5 Å². The van der Waals surface area contributed by atoms with Gasteiger partial charge in [0, 0.05) is 6.54 Å². The number of aryl methyl sites for hydroxylation is 1. The Morgan fingerprint density at radius 2 is 1.84 bits per heavy atom. The zero-order valence-electron chi connectivity index (χ0n) is 12.1. The highest BCUT2D eigenvalue weighted by Gasteiger charge is 2.10. The van der Waals surface area contributed by atoms with Crippen molar-refractivity contribution in [1.29, 1.82) is 0 Å². The lowest BCUT2D eigenvalue weighted by atomic mass is 10.0. The van der Waals surface area contributed by atoms with Crippen LogP contribution in [0.5, 0.6) is 0 Å². The van der Waals surface area contributed by atoms with Crippen LogP contribution in [-0.4, -0.2) is 4.98 Å². The van der Waals surface area contributed by atoms with Gasteiger partial charge in [0.2, 0.25) is 5.89 Å². The van der Waals surface area contributed by atoms with Crippen LogP contribution < -0.4 is 5.32 Å². The van der Waals surface area contributed by atoms with Gasteiger partial charge in [-0.15, -0.1) is 0 Å². The maximum absolute atomic E-state index is 5.51. The van der Waals surface area contributed by atoms with Gasteiger partial charge in [0.25, 0.3) is 0 Å². The highest BCUT2D eigenvalue weighted by Crippen LogP contribution is 2.16. The molecule has 0 aliphatic rings. The lowest BCUT2D eigenvalue weighted by Crippen LogP contribution is -2.18. The quantitative estimate of drug-likeness (QED) is 0.882. The van der Waals surface area contributed by atoms with Crippen molar-refractivity contribution in [2.75, 3.05) is 0 Å². The number of nitrogens with one attached hydrogen (secondary N) is 1. The second-order valence-corrected chi connectivity index (χ2v) is 5.31. The molecule has 3 heteroatoms. The Kier molecular flexibility index (Phi) is 4.38. The van der Waals surface area contributed by atoms with Crippen LogP contribution in [0, 0.1) is 6.92 Å². The normalized spacial score (nSPS) is 12.9. The van der Waals surface area contributed by atoms with Crippen LogP contribution in [0.4, 0.5) is 0 Å². The third-order valence-electron chi connectivity index (χ3n) is 3.27. The molecule has 1 N–H and O–H groups in total. The molecule has 1 atom stereocenters. The number of nitrogens with zero attached hydrogens (tertiary/aromatic N) is 1. The minimum absolute atomic E-state index is 0.124. The SMILES string of the molecule is Cc1cnc(C(C)NCc2ccc(C(C)C)cc2)o1.